The van der Waals surface area contributed by atoms with Crippen LogP contribution in [0.2, 0.25) is 10.0 Å². The zero-order valence-corrected chi connectivity index (χ0v) is 39.3. The first-order valence-electron chi connectivity index (χ1n) is 20.1. The maximum absolute atomic E-state index is 11.1. The van der Waals surface area contributed by atoms with E-state index in [-0.39, 0.29) is 5.97 Å². The third kappa shape index (κ3) is 11.6. The maximum atomic E-state index is 11.1. The van der Waals surface area contributed by atoms with Crippen LogP contribution in [0.5, 0.6) is 28.7 Å². The second-order valence-electron chi connectivity index (χ2n) is 14.1. The van der Waals surface area contributed by atoms with Crippen LogP contribution in [0.3, 0.4) is 0 Å². The SMILES string of the molecule is COc1cc(CNc2noc3cc(Br)ccc23)ccc1OC(C)=O.COc1cc(OC)c(OC)cc1CNc1noc2ccccc12.Clc1ccc(CNc2noc3ccccc23)cc1Cl. The van der Waals surface area contributed by atoms with Gasteiger partial charge in [0.2, 0.25) is 0 Å². The number of nitrogens with zero attached hydrogens (tertiary/aromatic N) is 3. The van der Waals surface area contributed by atoms with Gasteiger partial charge in [0.15, 0.2) is 57.2 Å². The van der Waals surface area contributed by atoms with Gasteiger partial charge >= 0.3 is 5.97 Å². The predicted octanol–water partition coefficient (Wildman–Crippen LogP) is 12.3. The van der Waals surface area contributed by atoms with Crippen LogP contribution in [0.1, 0.15) is 23.6 Å². The number of hydrogen-bond acceptors (Lipinski definition) is 15. The molecule has 0 radical (unpaired) electrons. The number of ether oxygens (including phenoxy) is 5. The van der Waals surface area contributed by atoms with Crippen molar-refractivity contribution in [3.63, 3.8) is 0 Å². The molecule has 6 aromatic carbocycles. The Kier molecular flexibility index (Phi) is 15.7. The number of para-hydroxylation sites is 2. The molecule has 0 aliphatic heterocycles. The molecule has 9 aromatic rings. The number of benzene rings is 6. The number of rotatable bonds is 14. The van der Waals surface area contributed by atoms with Crippen molar-refractivity contribution in [3.05, 3.63) is 146 Å². The molecule has 3 heterocycles. The number of nitrogens with one attached hydrogen (secondary N) is 3. The summed E-state index contributed by atoms with van der Waals surface area (Å²) in [7, 11) is 6.35. The highest BCUT2D eigenvalue weighted by Gasteiger charge is 2.15. The van der Waals surface area contributed by atoms with Crippen molar-refractivity contribution in [1.82, 2.24) is 15.5 Å². The molecule has 0 saturated heterocycles. The number of methoxy groups -OCH3 is 4. The first-order valence-corrected chi connectivity index (χ1v) is 21.7. The molecule has 0 amide bonds. The summed E-state index contributed by atoms with van der Waals surface area (Å²) < 4.78 is 43.2. The maximum Gasteiger partial charge on any atom is 0.308 e. The van der Waals surface area contributed by atoms with Gasteiger partial charge in [-0.15, -0.1) is 0 Å². The van der Waals surface area contributed by atoms with Crippen LogP contribution in [-0.2, 0) is 24.4 Å². The highest BCUT2D eigenvalue weighted by Crippen LogP contribution is 2.36. The fourth-order valence-corrected chi connectivity index (χ4v) is 7.22. The molecule has 3 N–H and O–H groups in total. The van der Waals surface area contributed by atoms with Gasteiger partial charge in [-0.2, -0.15) is 0 Å². The molecule has 0 spiro atoms. The molecule has 0 aliphatic rings. The number of aromatic nitrogens is 3. The predicted molar refractivity (Wildman–Crippen MR) is 259 cm³/mol. The van der Waals surface area contributed by atoms with E-state index in [2.05, 4.69) is 47.4 Å². The van der Waals surface area contributed by atoms with E-state index >= 15 is 0 Å². The average Bonchev–Trinajstić information content (AvgIpc) is 4.07. The number of hydrogen-bond donors (Lipinski definition) is 3. The van der Waals surface area contributed by atoms with Gasteiger partial charge in [-0.1, -0.05) is 91.0 Å². The fourth-order valence-electron chi connectivity index (χ4n) is 6.56. The zero-order chi connectivity index (χ0) is 46.6. The van der Waals surface area contributed by atoms with Crippen molar-refractivity contribution in [2.45, 2.75) is 26.6 Å². The summed E-state index contributed by atoms with van der Waals surface area (Å²) >= 11 is 15.3. The molecule has 15 nitrogen and oxygen atoms in total. The van der Waals surface area contributed by atoms with Gasteiger partial charge in [-0.25, -0.2) is 0 Å². The molecule has 3 aromatic heterocycles. The zero-order valence-electron chi connectivity index (χ0n) is 36.2. The van der Waals surface area contributed by atoms with Gasteiger partial charge in [0.1, 0.15) is 5.75 Å². The lowest BCUT2D eigenvalue weighted by Gasteiger charge is -2.14. The largest absolute Gasteiger partial charge is 0.496 e. The third-order valence-corrected chi connectivity index (χ3v) is 11.0. The summed E-state index contributed by atoms with van der Waals surface area (Å²) in [5.41, 5.74) is 5.12. The molecule has 0 atom stereocenters. The van der Waals surface area contributed by atoms with Crippen LogP contribution in [0.15, 0.2) is 133 Å². The average molecular weight is 999 g/mol. The van der Waals surface area contributed by atoms with Crippen molar-refractivity contribution < 1.29 is 42.0 Å². The van der Waals surface area contributed by atoms with Crippen LogP contribution < -0.4 is 39.6 Å². The van der Waals surface area contributed by atoms with E-state index in [1.54, 1.807) is 39.5 Å². The van der Waals surface area contributed by atoms with E-state index in [1.165, 1.54) is 14.0 Å². The Bertz CT molecular complexity index is 3080. The molecule has 9 rings (SSSR count). The molecule has 0 bridgehead atoms. The minimum absolute atomic E-state index is 0.389. The van der Waals surface area contributed by atoms with E-state index in [0.29, 0.717) is 75.6 Å². The molecular formula is C48H43BrCl2N6O9. The number of halogens is 3. The molecule has 0 saturated carbocycles. The van der Waals surface area contributed by atoms with Crippen molar-refractivity contribution >= 4 is 95.5 Å². The lowest BCUT2D eigenvalue weighted by Crippen LogP contribution is -2.04. The lowest BCUT2D eigenvalue weighted by atomic mass is 10.1. The van der Waals surface area contributed by atoms with Crippen molar-refractivity contribution in [1.29, 1.82) is 0 Å². The summed E-state index contributed by atoms with van der Waals surface area (Å²) in [6.07, 6.45) is 0. The van der Waals surface area contributed by atoms with E-state index in [0.717, 1.165) is 54.3 Å². The van der Waals surface area contributed by atoms with E-state index < -0.39 is 0 Å². The second kappa shape index (κ2) is 22.2. The lowest BCUT2D eigenvalue weighted by molar-refractivity contribution is -0.132. The Hall–Kier alpha value is -7.14. The monoisotopic (exact) mass is 996 g/mol. The number of carbonyl (C=O) groups is 1. The number of anilines is 3. The third-order valence-electron chi connectivity index (χ3n) is 9.81. The standard InChI is InChI=1S/C17H15BrN2O4.C17H18N2O4.C14H10Cl2N2O/c1-10(21)23-14-6-3-11(7-16(14)22-2)9-19-17-13-5-4-12(18)8-15(13)24-20-17;1-20-14-9-16(22-3)15(21-2)8-11(14)10-18-17-12-6-4-5-7-13(12)23-19-17;15-11-6-5-9(7-12(11)16)8-17-14-10-3-1-2-4-13(10)19-18-14/h3-8H,9H2,1-2H3,(H,19,20);4-9H,10H2,1-3H3,(H,18,19);1-7H,8H2,(H,17,18). The van der Waals surface area contributed by atoms with E-state index in [9.17, 15) is 4.79 Å². The topological polar surface area (TPSA) is 177 Å². The minimum atomic E-state index is -0.389. The highest BCUT2D eigenvalue weighted by atomic mass is 79.9. The van der Waals surface area contributed by atoms with Gasteiger partial charge in [-0.3, -0.25) is 4.79 Å². The minimum Gasteiger partial charge on any atom is -0.496 e. The first-order chi connectivity index (χ1) is 32.1. The molecule has 18 heteroatoms. The molecule has 0 unspecified atom stereocenters. The Balaban J connectivity index is 0.000000148. The van der Waals surface area contributed by atoms with Crippen LogP contribution in [-0.4, -0.2) is 49.9 Å². The highest BCUT2D eigenvalue weighted by molar-refractivity contribution is 9.10. The number of fused-ring (bicyclic) bond motifs is 3. The van der Waals surface area contributed by atoms with Crippen LogP contribution in [0.4, 0.5) is 17.5 Å². The Morgan fingerprint density at radius 1 is 0.530 bits per heavy atom. The van der Waals surface area contributed by atoms with Crippen LogP contribution in [0, 0.1) is 0 Å². The first kappa shape index (κ1) is 46.8. The summed E-state index contributed by atoms with van der Waals surface area (Å²) in [5, 5.41) is 25.7. The smallest absolute Gasteiger partial charge is 0.308 e. The van der Waals surface area contributed by atoms with Crippen LogP contribution >= 0.6 is 39.1 Å². The number of esters is 1. The Labute approximate surface area is 397 Å². The molecule has 0 fully saturated rings. The van der Waals surface area contributed by atoms with E-state index in [1.807, 2.05) is 97.1 Å². The molecular weight excluding hydrogens is 955 g/mol. The van der Waals surface area contributed by atoms with Crippen molar-refractivity contribution in [2.24, 2.45) is 0 Å². The van der Waals surface area contributed by atoms with E-state index in [4.69, 9.17) is 60.5 Å². The van der Waals surface area contributed by atoms with Gasteiger partial charge in [-0.05, 0) is 83.9 Å². The summed E-state index contributed by atoms with van der Waals surface area (Å²) in [6, 6.07) is 35.7. The van der Waals surface area contributed by atoms with Gasteiger partial charge in [0.05, 0.1) is 54.6 Å². The quantitative estimate of drug-likeness (QED) is 0.0692. The molecule has 340 valence electrons. The van der Waals surface area contributed by atoms with Crippen molar-refractivity contribution in [2.75, 3.05) is 44.4 Å². The summed E-state index contributed by atoms with van der Waals surface area (Å²) in [6.45, 7) is 2.99. The fraction of sp³-hybridized carbons (Fsp3) is 0.167. The summed E-state index contributed by atoms with van der Waals surface area (Å²) in [5.74, 6) is 4.57. The summed E-state index contributed by atoms with van der Waals surface area (Å²) in [4.78, 5) is 11.1. The second-order valence-corrected chi connectivity index (χ2v) is 15.9. The van der Waals surface area contributed by atoms with Gasteiger partial charge < -0.3 is 53.2 Å². The molecule has 0 aliphatic carbocycles. The van der Waals surface area contributed by atoms with Gasteiger partial charge in [0.25, 0.3) is 0 Å². The Morgan fingerprint density at radius 3 is 1.61 bits per heavy atom. The van der Waals surface area contributed by atoms with Gasteiger partial charge in [0, 0.05) is 42.7 Å². The van der Waals surface area contributed by atoms with Crippen molar-refractivity contribution in [3.8, 4) is 28.7 Å². The Morgan fingerprint density at radius 2 is 1.03 bits per heavy atom. The number of carbonyl (C=O) groups excluding carboxylic acids is 1. The normalized spacial score (nSPS) is 10.7. The molecule has 66 heavy (non-hydrogen) atoms. The van der Waals surface area contributed by atoms with Crippen LogP contribution in [0.25, 0.3) is 32.9 Å².